The Hall–Kier alpha value is -1.84. The summed E-state index contributed by atoms with van der Waals surface area (Å²) in [5, 5.41) is 6.89. The van der Waals surface area contributed by atoms with E-state index in [1.165, 1.54) is 6.92 Å². The third-order valence-electron chi connectivity index (χ3n) is 1.01. The van der Waals surface area contributed by atoms with Crippen LogP contribution in [0.3, 0.4) is 0 Å². The predicted octanol–water partition coefficient (Wildman–Crippen LogP) is 1.96. The second-order valence-corrected chi connectivity index (χ2v) is 2.18. The molecule has 0 saturated carbocycles. The van der Waals surface area contributed by atoms with Crippen molar-refractivity contribution in [2.45, 2.75) is 13.8 Å². The van der Waals surface area contributed by atoms with Crippen LogP contribution in [0.1, 0.15) is 13.8 Å². The van der Waals surface area contributed by atoms with Gasteiger partial charge in [-0.25, -0.2) is 0 Å². The number of esters is 1. The molecule has 0 aromatic heterocycles. The van der Waals surface area contributed by atoms with E-state index in [-0.39, 0.29) is 12.4 Å². The van der Waals surface area contributed by atoms with Gasteiger partial charge in [0.05, 0.1) is 6.61 Å². The Labute approximate surface area is 89.5 Å². The van der Waals surface area contributed by atoms with Crippen LogP contribution < -0.4 is 0 Å². The smallest absolute Gasteiger partial charge is 0.302 e. The molecule has 0 aliphatic carbocycles. The molecule has 1 rings (SSSR count). The zero-order valence-corrected chi connectivity index (χ0v) is 8.92. The fourth-order valence-corrected chi connectivity index (χ4v) is 0.588. The topological polar surface area (TPSA) is 63.6 Å². The molecule has 84 valence electrons. The minimum Gasteiger partial charge on any atom is -0.483 e. The SMILES string of the molecule is CCOC(C)=O.O=CO.c1ccccc1. The first kappa shape index (κ1) is 15.6. The van der Waals surface area contributed by atoms with Crippen LogP contribution in [0, 0.1) is 0 Å². The molecule has 1 aromatic rings. The Morgan fingerprint density at radius 1 is 1.20 bits per heavy atom. The maximum atomic E-state index is 9.82. The number of carboxylic acid groups (broad SMARTS) is 1. The van der Waals surface area contributed by atoms with Gasteiger partial charge in [0.2, 0.25) is 0 Å². The number of benzene rings is 1. The van der Waals surface area contributed by atoms with E-state index in [0.29, 0.717) is 6.61 Å². The van der Waals surface area contributed by atoms with E-state index in [1.54, 1.807) is 6.92 Å². The maximum absolute atomic E-state index is 9.82. The third kappa shape index (κ3) is 24.5. The molecule has 0 amide bonds. The molecule has 0 saturated heterocycles. The molecule has 0 aliphatic heterocycles. The Bertz CT molecular complexity index is 207. The van der Waals surface area contributed by atoms with Crippen LogP contribution in [0.4, 0.5) is 0 Å². The minimum absolute atomic E-state index is 0.211. The highest BCUT2D eigenvalue weighted by atomic mass is 16.5. The second kappa shape index (κ2) is 14.7. The van der Waals surface area contributed by atoms with Crippen LogP contribution in [0.15, 0.2) is 36.4 Å². The van der Waals surface area contributed by atoms with Crippen LogP contribution in [0.25, 0.3) is 0 Å². The van der Waals surface area contributed by atoms with Gasteiger partial charge in [0.1, 0.15) is 0 Å². The van der Waals surface area contributed by atoms with Crippen LogP contribution >= 0.6 is 0 Å². The molecule has 0 spiro atoms. The van der Waals surface area contributed by atoms with Gasteiger partial charge in [-0.1, -0.05) is 36.4 Å². The highest BCUT2D eigenvalue weighted by Gasteiger charge is 1.81. The van der Waals surface area contributed by atoms with Crippen LogP contribution in [-0.2, 0) is 14.3 Å². The summed E-state index contributed by atoms with van der Waals surface area (Å²) >= 11 is 0. The third-order valence-corrected chi connectivity index (χ3v) is 1.01. The van der Waals surface area contributed by atoms with Crippen LogP contribution in [0.5, 0.6) is 0 Å². The van der Waals surface area contributed by atoms with E-state index in [0.717, 1.165) is 0 Å². The van der Waals surface area contributed by atoms with Crippen molar-refractivity contribution in [3.8, 4) is 0 Å². The quantitative estimate of drug-likeness (QED) is 0.571. The van der Waals surface area contributed by atoms with Crippen molar-refractivity contribution in [2.24, 2.45) is 0 Å². The molecule has 0 atom stereocenters. The molecule has 0 aliphatic rings. The Morgan fingerprint density at radius 3 is 1.53 bits per heavy atom. The number of ether oxygens (including phenoxy) is 1. The highest BCUT2D eigenvalue weighted by molar-refractivity contribution is 5.65. The predicted molar refractivity (Wildman–Crippen MR) is 57.4 cm³/mol. The van der Waals surface area contributed by atoms with Gasteiger partial charge in [0.15, 0.2) is 0 Å². The minimum atomic E-state index is -0.250. The molecule has 1 aromatic carbocycles. The molecule has 0 radical (unpaired) electrons. The van der Waals surface area contributed by atoms with Crippen molar-refractivity contribution >= 4 is 12.4 Å². The first-order valence-electron chi connectivity index (χ1n) is 4.40. The zero-order valence-electron chi connectivity index (χ0n) is 8.92. The molecule has 4 nitrogen and oxygen atoms in total. The lowest BCUT2D eigenvalue weighted by molar-refractivity contribution is -0.140. The Balaban J connectivity index is 0. The molecular weight excluding hydrogens is 196 g/mol. The number of hydrogen-bond donors (Lipinski definition) is 1. The lowest BCUT2D eigenvalue weighted by atomic mass is 10.4. The van der Waals surface area contributed by atoms with Crippen molar-refractivity contribution in [1.29, 1.82) is 0 Å². The summed E-state index contributed by atoms with van der Waals surface area (Å²) in [6, 6.07) is 12.0. The average molecular weight is 212 g/mol. The number of hydrogen-bond acceptors (Lipinski definition) is 3. The van der Waals surface area contributed by atoms with E-state index in [1.807, 2.05) is 36.4 Å². The van der Waals surface area contributed by atoms with Gasteiger partial charge in [0, 0.05) is 6.92 Å². The van der Waals surface area contributed by atoms with Crippen molar-refractivity contribution in [3.63, 3.8) is 0 Å². The van der Waals surface area contributed by atoms with Crippen molar-refractivity contribution in [1.82, 2.24) is 0 Å². The van der Waals surface area contributed by atoms with E-state index in [2.05, 4.69) is 4.74 Å². The van der Waals surface area contributed by atoms with Crippen molar-refractivity contribution < 1.29 is 19.4 Å². The normalized spacial score (nSPS) is 7.07. The zero-order chi connectivity index (χ0) is 11.9. The van der Waals surface area contributed by atoms with Gasteiger partial charge in [0.25, 0.3) is 6.47 Å². The number of rotatable bonds is 1. The second-order valence-electron chi connectivity index (χ2n) is 2.18. The van der Waals surface area contributed by atoms with E-state index < -0.39 is 0 Å². The van der Waals surface area contributed by atoms with Crippen LogP contribution in [0.2, 0.25) is 0 Å². The summed E-state index contributed by atoms with van der Waals surface area (Å²) in [7, 11) is 0. The molecule has 0 heterocycles. The van der Waals surface area contributed by atoms with E-state index >= 15 is 0 Å². The molecule has 0 unspecified atom stereocenters. The van der Waals surface area contributed by atoms with Crippen LogP contribution in [-0.4, -0.2) is 24.2 Å². The van der Waals surface area contributed by atoms with Crippen molar-refractivity contribution in [2.75, 3.05) is 6.61 Å². The van der Waals surface area contributed by atoms with E-state index in [9.17, 15) is 4.79 Å². The molecule has 1 N–H and O–H groups in total. The summed E-state index contributed by atoms with van der Waals surface area (Å²) in [4.78, 5) is 18.2. The Kier molecular flexibility index (Phi) is 15.3. The summed E-state index contributed by atoms with van der Waals surface area (Å²) in [6.45, 7) is 3.40. The lowest BCUT2D eigenvalue weighted by Gasteiger charge is -1.89. The summed E-state index contributed by atoms with van der Waals surface area (Å²) in [5.41, 5.74) is 0. The molecule has 0 fully saturated rings. The van der Waals surface area contributed by atoms with Crippen molar-refractivity contribution in [3.05, 3.63) is 36.4 Å². The van der Waals surface area contributed by atoms with Gasteiger partial charge in [-0.3, -0.25) is 9.59 Å². The summed E-state index contributed by atoms with van der Waals surface area (Å²) < 4.78 is 4.40. The first-order chi connectivity index (χ1) is 7.18. The molecule has 15 heavy (non-hydrogen) atoms. The van der Waals surface area contributed by atoms with Gasteiger partial charge in [-0.2, -0.15) is 0 Å². The van der Waals surface area contributed by atoms with Gasteiger partial charge >= 0.3 is 5.97 Å². The lowest BCUT2D eigenvalue weighted by Crippen LogP contribution is -1.95. The standard InChI is InChI=1S/C6H6.C4H8O2.CH2O2/c1-2-4-6-5-3-1;1-3-6-4(2)5;2-1-3/h1-6H;3H2,1-2H3;1H,(H,2,3). The molecule has 4 heteroatoms. The molecule has 0 bridgehead atoms. The van der Waals surface area contributed by atoms with Gasteiger partial charge < -0.3 is 9.84 Å². The number of carbonyl (C=O) groups excluding carboxylic acids is 1. The van der Waals surface area contributed by atoms with E-state index in [4.69, 9.17) is 9.90 Å². The van der Waals surface area contributed by atoms with Gasteiger partial charge in [-0.05, 0) is 6.92 Å². The fourth-order valence-electron chi connectivity index (χ4n) is 0.588. The summed E-state index contributed by atoms with van der Waals surface area (Å²) in [6.07, 6.45) is 0. The Morgan fingerprint density at radius 2 is 1.47 bits per heavy atom. The maximum Gasteiger partial charge on any atom is 0.302 e. The van der Waals surface area contributed by atoms with Gasteiger partial charge in [-0.15, -0.1) is 0 Å². The average Bonchev–Trinajstić information content (AvgIpc) is 2.22. The summed E-state index contributed by atoms with van der Waals surface area (Å²) in [5.74, 6) is -0.211. The first-order valence-corrected chi connectivity index (χ1v) is 4.40. The molecular formula is C11H16O4. The largest absolute Gasteiger partial charge is 0.483 e. The highest BCUT2D eigenvalue weighted by Crippen LogP contribution is 1.79. The monoisotopic (exact) mass is 212 g/mol. The fraction of sp³-hybridized carbons (Fsp3) is 0.273. The number of carbonyl (C=O) groups is 2.